The predicted molar refractivity (Wildman–Crippen MR) is 121 cm³/mol. The van der Waals surface area contributed by atoms with Gasteiger partial charge in [-0.3, -0.25) is 9.10 Å². The molecule has 1 unspecified atom stereocenters. The van der Waals surface area contributed by atoms with Crippen molar-refractivity contribution in [1.82, 2.24) is 5.32 Å². The molecular weight excluding hydrogens is 416 g/mol. The highest BCUT2D eigenvalue weighted by Gasteiger charge is 2.34. The summed E-state index contributed by atoms with van der Waals surface area (Å²) in [6.07, 6.45) is 2.45. The van der Waals surface area contributed by atoms with Crippen LogP contribution in [0.3, 0.4) is 0 Å². The number of ether oxygens (including phenoxy) is 2. The van der Waals surface area contributed by atoms with Crippen LogP contribution in [-0.2, 0) is 14.8 Å². The summed E-state index contributed by atoms with van der Waals surface area (Å²) in [5.74, 6) is 1.28. The van der Waals surface area contributed by atoms with Crippen molar-refractivity contribution >= 4 is 21.6 Å². The van der Waals surface area contributed by atoms with Gasteiger partial charge >= 0.3 is 0 Å². The Morgan fingerprint density at radius 2 is 1.94 bits per heavy atom. The van der Waals surface area contributed by atoms with Crippen molar-refractivity contribution in [2.75, 3.05) is 24.2 Å². The Hall–Kier alpha value is -2.74. The molecule has 8 heteroatoms. The Morgan fingerprint density at radius 1 is 1.23 bits per heavy atom. The number of para-hydroxylation sites is 1. The fraction of sp³-hybridized carbons (Fsp3) is 0.435. The van der Waals surface area contributed by atoms with Crippen molar-refractivity contribution in [1.29, 1.82) is 0 Å². The van der Waals surface area contributed by atoms with Crippen LogP contribution in [0, 0.1) is 0 Å². The van der Waals surface area contributed by atoms with Gasteiger partial charge in [0.05, 0.1) is 25.1 Å². The minimum atomic E-state index is -3.43. The van der Waals surface area contributed by atoms with Gasteiger partial charge in [0.2, 0.25) is 15.9 Å². The van der Waals surface area contributed by atoms with Crippen molar-refractivity contribution in [3.8, 4) is 11.5 Å². The summed E-state index contributed by atoms with van der Waals surface area (Å²) in [5.41, 5.74) is 1.08. The monoisotopic (exact) mass is 446 g/mol. The summed E-state index contributed by atoms with van der Waals surface area (Å²) in [7, 11) is -1.83. The van der Waals surface area contributed by atoms with Gasteiger partial charge < -0.3 is 14.8 Å². The fourth-order valence-corrected chi connectivity index (χ4v) is 4.78. The zero-order valence-electron chi connectivity index (χ0n) is 18.4. The van der Waals surface area contributed by atoms with Crippen LogP contribution in [0.2, 0.25) is 0 Å². The molecule has 1 atom stereocenters. The van der Waals surface area contributed by atoms with Gasteiger partial charge in [0, 0.05) is 31.0 Å². The Bertz CT molecular complexity index is 1020. The molecule has 0 fully saturated rings. The molecule has 0 aliphatic carbocycles. The van der Waals surface area contributed by atoms with E-state index in [9.17, 15) is 13.2 Å². The Kier molecular flexibility index (Phi) is 6.79. The van der Waals surface area contributed by atoms with E-state index in [0.717, 1.165) is 5.56 Å². The zero-order valence-corrected chi connectivity index (χ0v) is 19.2. The normalized spacial score (nSPS) is 17.2. The quantitative estimate of drug-likeness (QED) is 0.669. The molecule has 0 saturated carbocycles. The number of sulfonamides is 1. The van der Waals surface area contributed by atoms with Crippen LogP contribution in [0.4, 0.5) is 5.69 Å². The van der Waals surface area contributed by atoms with Gasteiger partial charge in [0.1, 0.15) is 17.1 Å². The highest BCUT2D eigenvalue weighted by atomic mass is 32.2. The number of nitrogens with zero attached hydrogens (tertiary/aromatic N) is 1. The average molecular weight is 447 g/mol. The first-order valence-electron chi connectivity index (χ1n) is 10.3. The van der Waals surface area contributed by atoms with Crippen LogP contribution in [0.25, 0.3) is 0 Å². The third-order valence-electron chi connectivity index (χ3n) is 5.22. The minimum Gasteiger partial charge on any atom is -0.497 e. The van der Waals surface area contributed by atoms with Crippen LogP contribution < -0.4 is 19.1 Å². The second-order valence-corrected chi connectivity index (χ2v) is 10.3. The van der Waals surface area contributed by atoms with E-state index in [4.69, 9.17) is 9.47 Å². The van der Waals surface area contributed by atoms with E-state index < -0.39 is 15.6 Å². The summed E-state index contributed by atoms with van der Waals surface area (Å²) in [4.78, 5) is 12.7. The number of methoxy groups -OCH3 is 1. The number of rotatable bonds is 8. The molecule has 31 heavy (non-hydrogen) atoms. The number of carbonyl (C=O) groups is 1. The SMILES string of the molecule is COc1ccc2c(c1)OC(C)(C)CC2NC(=O)CCCN(c1ccccc1)S(C)(=O)=O. The molecule has 1 aliphatic heterocycles. The van der Waals surface area contributed by atoms with Crippen molar-refractivity contribution < 1.29 is 22.7 Å². The molecule has 7 nitrogen and oxygen atoms in total. The number of anilines is 1. The minimum absolute atomic E-state index is 0.119. The van der Waals surface area contributed by atoms with Crippen LogP contribution in [0.1, 0.15) is 44.7 Å². The van der Waals surface area contributed by atoms with Gasteiger partial charge in [-0.25, -0.2) is 8.42 Å². The molecule has 1 amide bonds. The second-order valence-electron chi connectivity index (χ2n) is 8.36. The van der Waals surface area contributed by atoms with E-state index in [1.54, 1.807) is 31.4 Å². The Labute approximate surface area is 184 Å². The zero-order chi connectivity index (χ0) is 22.6. The van der Waals surface area contributed by atoms with Crippen LogP contribution in [0.15, 0.2) is 48.5 Å². The molecule has 0 spiro atoms. The molecule has 0 aromatic heterocycles. The molecule has 0 saturated heterocycles. The molecule has 1 N–H and O–H groups in total. The lowest BCUT2D eigenvalue weighted by atomic mass is 9.89. The van der Waals surface area contributed by atoms with Crippen LogP contribution in [-0.4, -0.2) is 39.8 Å². The Balaban J connectivity index is 1.64. The maximum Gasteiger partial charge on any atom is 0.232 e. The predicted octanol–water partition coefficient (Wildman–Crippen LogP) is 3.66. The average Bonchev–Trinajstić information content (AvgIpc) is 2.69. The highest BCUT2D eigenvalue weighted by molar-refractivity contribution is 7.92. The molecule has 168 valence electrons. The number of carbonyl (C=O) groups excluding carboxylic acids is 1. The van der Waals surface area contributed by atoms with E-state index >= 15 is 0 Å². The summed E-state index contributed by atoms with van der Waals surface area (Å²) >= 11 is 0. The van der Waals surface area contributed by atoms with Gasteiger partial charge in [0.15, 0.2) is 0 Å². The summed E-state index contributed by atoms with van der Waals surface area (Å²) in [5, 5.41) is 3.09. The van der Waals surface area contributed by atoms with Gasteiger partial charge in [0.25, 0.3) is 0 Å². The molecule has 0 bridgehead atoms. The van der Waals surface area contributed by atoms with Crippen LogP contribution in [0.5, 0.6) is 11.5 Å². The Morgan fingerprint density at radius 3 is 2.58 bits per heavy atom. The largest absolute Gasteiger partial charge is 0.497 e. The molecule has 0 radical (unpaired) electrons. The van der Waals surface area contributed by atoms with Crippen LogP contribution >= 0.6 is 0 Å². The number of hydrogen-bond acceptors (Lipinski definition) is 5. The molecule has 2 aromatic carbocycles. The fourth-order valence-electron chi connectivity index (χ4n) is 3.82. The third-order valence-corrected chi connectivity index (χ3v) is 6.42. The molecule has 2 aromatic rings. The lowest BCUT2D eigenvalue weighted by molar-refractivity contribution is -0.122. The van der Waals surface area contributed by atoms with E-state index in [2.05, 4.69) is 5.32 Å². The highest BCUT2D eigenvalue weighted by Crippen LogP contribution is 2.41. The van der Waals surface area contributed by atoms with Crippen molar-refractivity contribution in [3.05, 3.63) is 54.1 Å². The molecular formula is C23H30N2O5S. The van der Waals surface area contributed by atoms with Gasteiger partial charge in [-0.1, -0.05) is 18.2 Å². The van der Waals surface area contributed by atoms with Gasteiger partial charge in [-0.2, -0.15) is 0 Å². The number of amides is 1. The maximum atomic E-state index is 12.7. The molecule has 1 aliphatic rings. The molecule has 3 rings (SSSR count). The number of fused-ring (bicyclic) bond motifs is 1. The van der Waals surface area contributed by atoms with E-state index in [1.807, 2.05) is 38.1 Å². The first-order valence-corrected chi connectivity index (χ1v) is 12.1. The molecule has 1 heterocycles. The first kappa shape index (κ1) is 22.9. The van der Waals surface area contributed by atoms with Crippen molar-refractivity contribution in [2.45, 2.75) is 44.8 Å². The van der Waals surface area contributed by atoms with Crippen molar-refractivity contribution in [3.63, 3.8) is 0 Å². The summed E-state index contributed by atoms with van der Waals surface area (Å²) < 4.78 is 37.1. The smallest absolute Gasteiger partial charge is 0.232 e. The number of benzene rings is 2. The second kappa shape index (κ2) is 9.18. The van der Waals surface area contributed by atoms with Gasteiger partial charge in [-0.05, 0) is 44.5 Å². The van der Waals surface area contributed by atoms with Gasteiger partial charge in [-0.15, -0.1) is 0 Å². The standard InChI is InChI=1S/C23H30N2O5S/c1-23(2)16-20(19-13-12-18(29-3)15-21(19)30-23)24-22(26)11-8-14-25(31(4,27)28)17-9-6-5-7-10-17/h5-7,9-10,12-13,15,20H,8,11,14,16H2,1-4H3,(H,24,26). The van der Waals surface area contributed by atoms with E-state index in [-0.39, 0.29) is 24.9 Å². The maximum absolute atomic E-state index is 12.7. The third kappa shape index (κ3) is 5.91. The first-order chi connectivity index (χ1) is 14.6. The number of hydrogen-bond donors (Lipinski definition) is 1. The number of nitrogens with one attached hydrogen (secondary N) is 1. The van der Waals surface area contributed by atoms with E-state index in [1.165, 1.54) is 10.6 Å². The summed E-state index contributed by atoms with van der Waals surface area (Å²) in [6.45, 7) is 4.21. The summed E-state index contributed by atoms with van der Waals surface area (Å²) in [6, 6.07) is 14.3. The van der Waals surface area contributed by atoms with Crippen molar-refractivity contribution in [2.24, 2.45) is 0 Å². The van der Waals surface area contributed by atoms with E-state index in [0.29, 0.717) is 30.0 Å². The lowest BCUT2D eigenvalue weighted by Gasteiger charge is -2.38. The topological polar surface area (TPSA) is 84.9 Å². The lowest BCUT2D eigenvalue weighted by Crippen LogP contribution is -2.41.